The molecular weight excluding hydrogens is 370 g/mol. The summed E-state index contributed by atoms with van der Waals surface area (Å²) in [6, 6.07) is 10.2. The molecule has 6 heteroatoms. The van der Waals surface area contributed by atoms with Gasteiger partial charge in [-0.2, -0.15) is 0 Å². The van der Waals surface area contributed by atoms with Gasteiger partial charge in [-0.25, -0.2) is 14.6 Å². The number of carbonyl (C=O) groups is 3. The molecule has 0 radical (unpaired) electrons. The Morgan fingerprint density at radius 2 is 1.62 bits per heavy atom. The van der Waals surface area contributed by atoms with E-state index in [0.717, 1.165) is 5.56 Å². The van der Waals surface area contributed by atoms with E-state index in [-0.39, 0.29) is 30.5 Å². The van der Waals surface area contributed by atoms with Crippen molar-refractivity contribution in [1.82, 2.24) is 4.98 Å². The summed E-state index contributed by atoms with van der Waals surface area (Å²) in [5.41, 5.74) is 2.01. The molecule has 1 heterocycles. The number of hydrogen-bond acceptors (Lipinski definition) is 6. The number of esters is 2. The highest BCUT2D eigenvalue weighted by atomic mass is 16.6. The first-order chi connectivity index (χ1) is 13.6. The van der Waals surface area contributed by atoms with Gasteiger partial charge >= 0.3 is 11.9 Å². The van der Waals surface area contributed by atoms with E-state index in [1.165, 1.54) is 6.07 Å². The Labute approximate surface area is 171 Å². The first-order valence-corrected chi connectivity index (χ1v) is 9.60. The topological polar surface area (TPSA) is 82.6 Å². The summed E-state index contributed by atoms with van der Waals surface area (Å²) in [4.78, 5) is 40.7. The number of ether oxygens (including phenoxy) is 2. The molecule has 29 heavy (non-hydrogen) atoms. The van der Waals surface area contributed by atoms with Crippen LogP contribution in [0.1, 0.15) is 76.6 Å². The van der Waals surface area contributed by atoms with Crippen LogP contribution in [0.3, 0.4) is 0 Å². The van der Waals surface area contributed by atoms with Crippen molar-refractivity contribution in [2.45, 2.75) is 53.1 Å². The van der Waals surface area contributed by atoms with E-state index in [1.807, 2.05) is 32.9 Å². The largest absolute Gasteiger partial charge is 0.461 e. The summed E-state index contributed by atoms with van der Waals surface area (Å²) < 4.78 is 10.3. The number of rotatable bonds is 7. The average Bonchev–Trinajstić information content (AvgIpc) is 2.64. The standard InChI is InChI=1S/C23H27NO5/c1-6-28-22(27)19-14-18(13-15(2)24-19)20(25)12-9-16-7-10-17(11-8-16)21(26)29-23(3,4)5/h7-8,10-11,13-14H,6,9,12H2,1-5H3. The number of pyridine rings is 1. The van der Waals surface area contributed by atoms with Crippen LogP contribution in [-0.4, -0.2) is 34.9 Å². The molecule has 154 valence electrons. The summed E-state index contributed by atoms with van der Waals surface area (Å²) >= 11 is 0. The molecule has 0 spiro atoms. The van der Waals surface area contributed by atoms with Crippen molar-refractivity contribution in [2.75, 3.05) is 6.61 Å². The van der Waals surface area contributed by atoms with Crippen LogP contribution in [0.15, 0.2) is 36.4 Å². The highest BCUT2D eigenvalue weighted by Crippen LogP contribution is 2.15. The second-order valence-electron chi connectivity index (χ2n) is 7.72. The lowest BCUT2D eigenvalue weighted by Gasteiger charge is -2.19. The van der Waals surface area contributed by atoms with Gasteiger partial charge in [-0.15, -0.1) is 0 Å². The van der Waals surface area contributed by atoms with E-state index in [9.17, 15) is 14.4 Å². The van der Waals surface area contributed by atoms with E-state index < -0.39 is 11.6 Å². The van der Waals surface area contributed by atoms with Crippen LogP contribution in [0.25, 0.3) is 0 Å². The molecule has 0 atom stereocenters. The fraction of sp³-hybridized carbons (Fsp3) is 0.391. The number of aryl methyl sites for hydroxylation is 2. The Balaban J connectivity index is 2.02. The summed E-state index contributed by atoms with van der Waals surface area (Å²) in [6.07, 6.45) is 0.793. The predicted molar refractivity (Wildman–Crippen MR) is 109 cm³/mol. The predicted octanol–water partition coefficient (Wildman–Crippen LogP) is 4.34. The fourth-order valence-corrected chi connectivity index (χ4v) is 2.69. The Morgan fingerprint density at radius 3 is 2.21 bits per heavy atom. The first kappa shape index (κ1) is 22.3. The Bertz CT molecular complexity index is 894. The van der Waals surface area contributed by atoms with Gasteiger partial charge in [-0.1, -0.05) is 12.1 Å². The molecule has 0 saturated carbocycles. The van der Waals surface area contributed by atoms with E-state index in [1.54, 1.807) is 32.0 Å². The van der Waals surface area contributed by atoms with E-state index in [4.69, 9.17) is 9.47 Å². The maximum atomic E-state index is 12.6. The third-order valence-electron chi connectivity index (χ3n) is 3.99. The van der Waals surface area contributed by atoms with Crippen LogP contribution in [0.5, 0.6) is 0 Å². The van der Waals surface area contributed by atoms with Crippen LogP contribution in [0.4, 0.5) is 0 Å². The lowest BCUT2D eigenvalue weighted by molar-refractivity contribution is 0.00691. The Morgan fingerprint density at radius 1 is 0.966 bits per heavy atom. The molecule has 0 aliphatic heterocycles. The van der Waals surface area contributed by atoms with Gasteiger partial charge in [0.2, 0.25) is 0 Å². The van der Waals surface area contributed by atoms with Gasteiger partial charge in [0.1, 0.15) is 11.3 Å². The third-order valence-corrected chi connectivity index (χ3v) is 3.99. The number of carbonyl (C=O) groups excluding carboxylic acids is 3. The Kier molecular flexibility index (Phi) is 7.26. The minimum absolute atomic E-state index is 0.0859. The van der Waals surface area contributed by atoms with Crippen molar-refractivity contribution >= 4 is 17.7 Å². The van der Waals surface area contributed by atoms with Crippen LogP contribution in [0, 0.1) is 6.92 Å². The van der Waals surface area contributed by atoms with Crippen LogP contribution in [0.2, 0.25) is 0 Å². The van der Waals surface area contributed by atoms with Crippen LogP contribution < -0.4 is 0 Å². The SMILES string of the molecule is CCOC(=O)c1cc(C(=O)CCc2ccc(C(=O)OC(C)(C)C)cc2)cc(C)n1. The molecule has 0 bridgehead atoms. The van der Waals surface area contributed by atoms with Gasteiger partial charge in [0.25, 0.3) is 0 Å². The van der Waals surface area contributed by atoms with Crippen molar-refractivity contribution in [3.63, 3.8) is 0 Å². The number of ketones is 1. The van der Waals surface area contributed by atoms with Gasteiger partial charge in [0.15, 0.2) is 5.78 Å². The molecule has 0 aliphatic rings. The maximum Gasteiger partial charge on any atom is 0.356 e. The van der Waals surface area contributed by atoms with Gasteiger partial charge in [-0.3, -0.25) is 4.79 Å². The lowest BCUT2D eigenvalue weighted by atomic mass is 10.0. The molecule has 1 aromatic heterocycles. The minimum atomic E-state index is -0.548. The molecule has 6 nitrogen and oxygen atoms in total. The van der Waals surface area contributed by atoms with Gasteiger partial charge in [0.05, 0.1) is 12.2 Å². The molecular formula is C23H27NO5. The molecule has 2 rings (SSSR count). The molecule has 2 aromatic rings. The average molecular weight is 397 g/mol. The second kappa shape index (κ2) is 9.45. The zero-order valence-electron chi connectivity index (χ0n) is 17.6. The smallest absolute Gasteiger partial charge is 0.356 e. The zero-order valence-corrected chi connectivity index (χ0v) is 17.6. The number of aromatic nitrogens is 1. The van der Waals surface area contributed by atoms with Crippen LogP contribution >= 0.6 is 0 Å². The van der Waals surface area contributed by atoms with Crippen molar-refractivity contribution in [2.24, 2.45) is 0 Å². The first-order valence-electron chi connectivity index (χ1n) is 9.60. The number of nitrogens with zero attached hydrogens (tertiary/aromatic N) is 1. The minimum Gasteiger partial charge on any atom is -0.461 e. The van der Waals surface area contributed by atoms with Crippen molar-refractivity contribution in [3.8, 4) is 0 Å². The molecule has 1 aromatic carbocycles. The van der Waals surface area contributed by atoms with E-state index in [0.29, 0.717) is 23.2 Å². The molecule has 0 fully saturated rings. The maximum absolute atomic E-state index is 12.6. The molecule has 0 saturated heterocycles. The summed E-state index contributed by atoms with van der Waals surface area (Å²) in [5.74, 6) is -1.00. The zero-order chi connectivity index (χ0) is 21.6. The van der Waals surface area contributed by atoms with Crippen LogP contribution in [-0.2, 0) is 15.9 Å². The molecule has 0 N–H and O–H groups in total. The monoisotopic (exact) mass is 397 g/mol. The fourth-order valence-electron chi connectivity index (χ4n) is 2.69. The summed E-state index contributed by atoms with van der Waals surface area (Å²) in [7, 11) is 0. The van der Waals surface area contributed by atoms with Crippen molar-refractivity contribution in [3.05, 3.63) is 64.5 Å². The Hall–Kier alpha value is -3.02. The highest BCUT2D eigenvalue weighted by Gasteiger charge is 2.18. The highest BCUT2D eigenvalue weighted by molar-refractivity contribution is 5.98. The number of Topliss-reactive ketones (excluding diaryl/α,β-unsaturated/α-hetero) is 1. The lowest BCUT2D eigenvalue weighted by Crippen LogP contribution is -2.23. The third kappa shape index (κ3) is 6.82. The van der Waals surface area contributed by atoms with Gasteiger partial charge < -0.3 is 9.47 Å². The van der Waals surface area contributed by atoms with Crippen molar-refractivity contribution in [1.29, 1.82) is 0 Å². The van der Waals surface area contributed by atoms with Gasteiger partial charge in [0, 0.05) is 17.7 Å². The normalized spacial score (nSPS) is 11.1. The van der Waals surface area contributed by atoms with Gasteiger partial charge in [-0.05, 0) is 70.9 Å². The van der Waals surface area contributed by atoms with Crippen molar-refractivity contribution < 1.29 is 23.9 Å². The molecule has 0 aliphatic carbocycles. The summed E-state index contributed by atoms with van der Waals surface area (Å²) in [6.45, 7) is 9.15. The number of hydrogen-bond donors (Lipinski definition) is 0. The van der Waals surface area contributed by atoms with E-state index in [2.05, 4.69) is 4.98 Å². The summed E-state index contributed by atoms with van der Waals surface area (Å²) in [5, 5.41) is 0. The molecule has 0 amide bonds. The quantitative estimate of drug-likeness (QED) is 0.511. The molecule has 0 unspecified atom stereocenters. The number of benzene rings is 1. The van der Waals surface area contributed by atoms with E-state index >= 15 is 0 Å². The second-order valence-corrected chi connectivity index (χ2v) is 7.72.